The summed E-state index contributed by atoms with van der Waals surface area (Å²) in [6, 6.07) is 13.7. The molecule has 39 heavy (non-hydrogen) atoms. The first-order valence-corrected chi connectivity index (χ1v) is 15.0. The molecule has 12 heteroatoms. The lowest BCUT2D eigenvalue weighted by Crippen LogP contribution is -2.43. The largest absolute Gasteiger partial charge is 0.383 e. The molecule has 1 aromatic heterocycles. The summed E-state index contributed by atoms with van der Waals surface area (Å²) >= 11 is 12.4. The van der Waals surface area contributed by atoms with Crippen molar-refractivity contribution in [3.63, 3.8) is 0 Å². The summed E-state index contributed by atoms with van der Waals surface area (Å²) < 4.78 is 39.1. The summed E-state index contributed by atoms with van der Waals surface area (Å²) in [6.07, 6.45) is 1.52. The molecule has 0 N–H and O–H groups in total. The molecule has 4 rings (SSSR count). The van der Waals surface area contributed by atoms with E-state index in [1.807, 2.05) is 6.07 Å². The Balaban J connectivity index is 1.64. The van der Waals surface area contributed by atoms with Gasteiger partial charge < -0.3 is 18.9 Å². The van der Waals surface area contributed by atoms with E-state index in [0.717, 1.165) is 13.1 Å². The Morgan fingerprint density at radius 1 is 1.10 bits per heavy atom. The van der Waals surface area contributed by atoms with E-state index in [1.54, 1.807) is 53.0 Å². The molecule has 2 heterocycles. The Morgan fingerprint density at radius 3 is 2.54 bits per heavy atom. The van der Waals surface area contributed by atoms with Crippen LogP contribution in [0.15, 0.2) is 59.9 Å². The summed E-state index contributed by atoms with van der Waals surface area (Å²) in [5.41, 5.74) is 1.57. The Hall–Kier alpha value is -2.47. The van der Waals surface area contributed by atoms with Crippen molar-refractivity contribution >= 4 is 38.9 Å². The molecule has 210 valence electrons. The van der Waals surface area contributed by atoms with Crippen molar-refractivity contribution in [1.29, 1.82) is 0 Å². The zero-order valence-corrected chi connectivity index (χ0v) is 24.1. The molecule has 2 aromatic carbocycles. The van der Waals surface area contributed by atoms with Crippen LogP contribution in [0.3, 0.4) is 0 Å². The molecule has 1 fully saturated rings. The number of aromatic nitrogens is 2. The van der Waals surface area contributed by atoms with E-state index >= 15 is 0 Å². The maximum absolute atomic E-state index is 13.7. The van der Waals surface area contributed by atoms with E-state index in [2.05, 4.69) is 9.88 Å². The van der Waals surface area contributed by atoms with Crippen molar-refractivity contribution < 1.29 is 22.7 Å². The van der Waals surface area contributed by atoms with Crippen molar-refractivity contribution in [2.75, 3.05) is 53.1 Å². The van der Waals surface area contributed by atoms with E-state index in [-0.39, 0.29) is 41.5 Å². The number of carbonyl (C=O) groups is 1. The van der Waals surface area contributed by atoms with Crippen molar-refractivity contribution in [1.82, 2.24) is 19.4 Å². The summed E-state index contributed by atoms with van der Waals surface area (Å²) in [5.74, 6) is -0.463. The molecule has 0 atom stereocenters. The molecule has 0 spiro atoms. The molecular formula is C27H32Cl2N4O5S. The fourth-order valence-corrected chi connectivity index (χ4v) is 6.42. The molecule has 3 aromatic rings. The summed E-state index contributed by atoms with van der Waals surface area (Å²) in [4.78, 5) is 21.9. The van der Waals surface area contributed by atoms with Crippen LogP contribution >= 0.6 is 23.2 Å². The maximum atomic E-state index is 13.7. The van der Waals surface area contributed by atoms with Gasteiger partial charge in [-0.3, -0.25) is 9.69 Å². The molecule has 0 radical (unpaired) electrons. The summed E-state index contributed by atoms with van der Waals surface area (Å²) in [5, 5.41) is 0.633. The molecule has 9 nitrogen and oxygen atoms in total. The number of methoxy groups -OCH3 is 1. The number of carbonyl (C=O) groups excluding carboxylic acids is 1. The second-order valence-electron chi connectivity index (χ2n) is 9.23. The molecule has 0 unspecified atom stereocenters. The lowest BCUT2D eigenvalue weighted by molar-refractivity contribution is 0.0319. The number of amides is 1. The molecule has 1 aliphatic heterocycles. The van der Waals surface area contributed by atoms with Gasteiger partial charge in [-0.2, -0.15) is 0 Å². The van der Waals surface area contributed by atoms with E-state index in [0.29, 0.717) is 48.1 Å². The quantitative estimate of drug-likeness (QED) is 0.315. The third-order valence-electron chi connectivity index (χ3n) is 6.49. The number of imidazole rings is 1. The molecule has 1 saturated heterocycles. The highest BCUT2D eigenvalue weighted by Crippen LogP contribution is 2.24. The van der Waals surface area contributed by atoms with Crippen LogP contribution in [0.2, 0.25) is 10.0 Å². The normalized spacial score (nSPS) is 14.4. The molecule has 0 aliphatic carbocycles. The molecule has 1 amide bonds. The zero-order chi connectivity index (χ0) is 27.8. The smallest absolute Gasteiger partial charge is 0.255 e. The number of morpholine rings is 1. The maximum Gasteiger partial charge on any atom is 0.255 e. The topological polar surface area (TPSA) is 94.0 Å². The van der Waals surface area contributed by atoms with E-state index in [9.17, 15) is 13.2 Å². The van der Waals surface area contributed by atoms with Gasteiger partial charge in [0.05, 0.1) is 54.6 Å². The minimum atomic E-state index is -3.77. The predicted octanol–water partition coefficient (Wildman–Crippen LogP) is 3.78. The lowest BCUT2D eigenvalue weighted by atomic mass is 10.2. The number of sulfone groups is 1. The highest BCUT2D eigenvalue weighted by molar-refractivity contribution is 7.90. The van der Waals surface area contributed by atoms with Gasteiger partial charge >= 0.3 is 0 Å². The molecular weight excluding hydrogens is 563 g/mol. The Labute approximate surface area is 239 Å². The lowest BCUT2D eigenvalue weighted by Gasteiger charge is -2.30. The van der Waals surface area contributed by atoms with Crippen molar-refractivity contribution in [3.8, 4) is 0 Å². The molecule has 0 bridgehead atoms. The van der Waals surface area contributed by atoms with Gasteiger partial charge in [-0.25, -0.2) is 13.4 Å². The van der Waals surface area contributed by atoms with Crippen molar-refractivity contribution in [2.24, 2.45) is 0 Å². The second kappa shape index (κ2) is 13.7. The number of halogens is 2. The third-order valence-corrected chi connectivity index (χ3v) is 8.63. The Kier molecular flexibility index (Phi) is 10.4. The highest BCUT2D eigenvalue weighted by atomic mass is 35.5. The number of benzene rings is 2. The minimum Gasteiger partial charge on any atom is -0.383 e. The van der Waals surface area contributed by atoms with Crippen LogP contribution in [0, 0.1) is 0 Å². The number of rotatable bonds is 12. The standard InChI is InChI=1S/C27H32Cl2N4O5S/c1-37-14-13-33-23(18-30-27(33)39(35,36)20-21-5-3-2-4-6-21)19-32(10-9-31-11-15-38-16-12-31)26(34)24-8-7-22(28)17-25(24)29/h2-8,17-18H,9-16,19-20H2,1H3. The van der Waals surface area contributed by atoms with Gasteiger partial charge in [-0.05, 0) is 23.8 Å². The van der Waals surface area contributed by atoms with Gasteiger partial charge in [0.15, 0.2) is 0 Å². The average Bonchev–Trinajstić information content (AvgIpc) is 3.33. The zero-order valence-electron chi connectivity index (χ0n) is 21.8. The number of ether oxygens (including phenoxy) is 2. The fourth-order valence-electron chi connectivity index (χ4n) is 4.41. The van der Waals surface area contributed by atoms with Gasteiger partial charge in [-0.15, -0.1) is 0 Å². The summed E-state index contributed by atoms with van der Waals surface area (Å²) in [6.45, 7) is 4.55. The number of hydrogen-bond acceptors (Lipinski definition) is 7. The van der Waals surface area contributed by atoms with Gasteiger partial charge in [0.2, 0.25) is 15.0 Å². The van der Waals surface area contributed by atoms with Crippen molar-refractivity contribution in [2.45, 2.75) is 24.0 Å². The first-order chi connectivity index (χ1) is 18.8. The van der Waals surface area contributed by atoms with Crippen LogP contribution in [-0.4, -0.2) is 86.8 Å². The Bertz CT molecular complexity index is 1360. The van der Waals surface area contributed by atoms with Crippen molar-refractivity contribution in [3.05, 3.63) is 81.6 Å². The molecule has 1 aliphatic rings. The van der Waals surface area contributed by atoms with Gasteiger partial charge in [-0.1, -0.05) is 53.5 Å². The average molecular weight is 596 g/mol. The van der Waals surface area contributed by atoms with Crippen LogP contribution < -0.4 is 0 Å². The van der Waals surface area contributed by atoms with Crippen LogP contribution in [0.25, 0.3) is 0 Å². The predicted molar refractivity (Wildman–Crippen MR) is 150 cm³/mol. The van der Waals surface area contributed by atoms with E-state index < -0.39 is 9.84 Å². The first-order valence-electron chi connectivity index (χ1n) is 12.6. The fraction of sp³-hybridized carbons (Fsp3) is 0.407. The van der Waals surface area contributed by atoms with Gasteiger partial charge in [0.1, 0.15) is 0 Å². The first kappa shape index (κ1) is 29.5. The summed E-state index contributed by atoms with van der Waals surface area (Å²) in [7, 11) is -2.22. The third kappa shape index (κ3) is 7.81. The highest BCUT2D eigenvalue weighted by Gasteiger charge is 2.27. The Morgan fingerprint density at radius 2 is 1.85 bits per heavy atom. The van der Waals surface area contributed by atoms with E-state index in [1.165, 1.54) is 12.3 Å². The van der Waals surface area contributed by atoms with Crippen LogP contribution in [0.1, 0.15) is 21.6 Å². The van der Waals surface area contributed by atoms with Crippen LogP contribution in [0.4, 0.5) is 0 Å². The van der Waals surface area contributed by atoms with Crippen LogP contribution in [-0.2, 0) is 38.2 Å². The van der Waals surface area contributed by atoms with Crippen LogP contribution in [0.5, 0.6) is 0 Å². The number of nitrogens with zero attached hydrogens (tertiary/aromatic N) is 4. The van der Waals surface area contributed by atoms with Gasteiger partial charge in [0, 0.05) is 44.9 Å². The number of hydrogen-bond donors (Lipinski definition) is 0. The van der Waals surface area contributed by atoms with Gasteiger partial charge in [0.25, 0.3) is 5.91 Å². The SMILES string of the molecule is COCCn1c(CN(CCN2CCOCC2)C(=O)c2ccc(Cl)cc2Cl)cnc1S(=O)(=O)Cc1ccccc1. The molecule has 0 saturated carbocycles. The van der Waals surface area contributed by atoms with E-state index in [4.69, 9.17) is 32.7 Å². The second-order valence-corrected chi connectivity index (χ2v) is 12.0. The minimum absolute atomic E-state index is 0.0523. The monoisotopic (exact) mass is 594 g/mol.